The summed E-state index contributed by atoms with van der Waals surface area (Å²) < 4.78 is 11.2. The first-order valence-corrected chi connectivity index (χ1v) is 8.35. The second-order valence-electron chi connectivity index (χ2n) is 5.46. The summed E-state index contributed by atoms with van der Waals surface area (Å²) in [6, 6.07) is 15.1. The predicted molar refractivity (Wildman–Crippen MR) is 96.6 cm³/mol. The van der Waals surface area contributed by atoms with Crippen molar-refractivity contribution in [2.24, 2.45) is 5.73 Å². The van der Waals surface area contributed by atoms with Crippen LogP contribution in [0.25, 0.3) is 11.4 Å². The summed E-state index contributed by atoms with van der Waals surface area (Å²) in [4.78, 5) is 4.55. The van der Waals surface area contributed by atoms with E-state index in [1.807, 2.05) is 62.4 Å². The summed E-state index contributed by atoms with van der Waals surface area (Å²) in [7, 11) is 0. The second-order valence-corrected chi connectivity index (χ2v) is 5.46. The zero-order valence-electron chi connectivity index (χ0n) is 14.4. The third-order valence-electron chi connectivity index (χ3n) is 3.76. The van der Waals surface area contributed by atoms with E-state index in [4.69, 9.17) is 15.2 Å². The number of aromatic nitrogens is 3. The first-order valence-electron chi connectivity index (χ1n) is 8.35. The standard InChI is InChI=1S/C19H22N4O2/c1-3-24-15-11-10-14(12-16(15)25-4-2)18-21-19(23-22-18)17(20)13-8-6-5-7-9-13/h5-12,17H,3-4,20H2,1-2H3,(H,21,22,23)/t17-/m1/s1. The van der Waals surface area contributed by atoms with Crippen molar-refractivity contribution in [3.8, 4) is 22.9 Å². The number of H-pyrrole nitrogens is 1. The van der Waals surface area contributed by atoms with E-state index in [0.29, 0.717) is 36.4 Å². The van der Waals surface area contributed by atoms with Crippen LogP contribution >= 0.6 is 0 Å². The summed E-state index contributed by atoms with van der Waals surface area (Å²) >= 11 is 0. The number of hydrogen-bond donors (Lipinski definition) is 2. The van der Waals surface area contributed by atoms with E-state index >= 15 is 0 Å². The maximum atomic E-state index is 6.27. The van der Waals surface area contributed by atoms with Gasteiger partial charge in [0.25, 0.3) is 0 Å². The molecule has 0 bridgehead atoms. The minimum absolute atomic E-state index is 0.350. The molecule has 2 aromatic carbocycles. The molecule has 0 amide bonds. The number of aromatic amines is 1. The first-order chi connectivity index (χ1) is 12.2. The van der Waals surface area contributed by atoms with Crippen LogP contribution < -0.4 is 15.2 Å². The van der Waals surface area contributed by atoms with Gasteiger partial charge in [0, 0.05) is 5.56 Å². The lowest BCUT2D eigenvalue weighted by molar-refractivity contribution is 0.288. The molecule has 0 fully saturated rings. The normalized spacial score (nSPS) is 12.0. The minimum Gasteiger partial charge on any atom is -0.490 e. The third kappa shape index (κ3) is 3.80. The smallest absolute Gasteiger partial charge is 0.181 e. The quantitative estimate of drug-likeness (QED) is 0.690. The molecule has 3 N–H and O–H groups in total. The molecule has 6 heteroatoms. The molecule has 0 aliphatic rings. The molecule has 0 aliphatic heterocycles. The lowest BCUT2D eigenvalue weighted by Crippen LogP contribution is -2.13. The van der Waals surface area contributed by atoms with Crippen molar-refractivity contribution in [2.75, 3.05) is 13.2 Å². The molecule has 130 valence electrons. The van der Waals surface area contributed by atoms with E-state index in [1.54, 1.807) is 0 Å². The van der Waals surface area contributed by atoms with E-state index in [0.717, 1.165) is 11.1 Å². The van der Waals surface area contributed by atoms with Crippen LogP contribution in [0.4, 0.5) is 0 Å². The topological polar surface area (TPSA) is 86.0 Å². The molecule has 0 aliphatic carbocycles. The van der Waals surface area contributed by atoms with E-state index in [-0.39, 0.29) is 6.04 Å². The molecule has 0 radical (unpaired) electrons. The monoisotopic (exact) mass is 338 g/mol. The van der Waals surface area contributed by atoms with Gasteiger partial charge in [0.05, 0.1) is 19.3 Å². The van der Waals surface area contributed by atoms with Gasteiger partial charge in [-0.2, -0.15) is 5.10 Å². The van der Waals surface area contributed by atoms with Crippen LogP contribution in [0.1, 0.15) is 31.3 Å². The number of nitrogens with zero attached hydrogens (tertiary/aromatic N) is 2. The summed E-state index contributed by atoms with van der Waals surface area (Å²) in [6.07, 6.45) is 0. The van der Waals surface area contributed by atoms with Crippen LogP contribution in [0.3, 0.4) is 0 Å². The van der Waals surface area contributed by atoms with E-state index < -0.39 is 0 Å². The molecule has 1 atom stereocenters. The van der Waals surface area contributed by atoms with Crippen molar-refractivity contribution in [1.29, 1.82) is 0 Å². The van der Waals surface area contributed by atoms with Gasteiger partial charge >= 0.3 is 0 Å². The van der Waals surface area contributed by atoms with E-state index in [1.165, 1.54) is 0 Å². The molecule has 1 heterocycles. The van der Waals surface area contributed by atoms with E-state index in [2.05, 4.69) is 15.2 Å². The molecule has 3 aromatic rings. The van der Waals surface area contributed by atoms with Gasteiger partial charge in [-0.1, -0.05) is 30.3 Å². The zero-order valence-corrected chi connectivity index (χ0v) is 14.4. The number of ether oxygens (including phenoxy) is 2. The lowest BCUT2D eigenvalue weighted by atomic mass is 10.1. The Morgan fingerprint density at radius 1 is 1.00 bits per heavy atom. The van der Waals surface area contributed by atoms with Crippen molar-refractivity contribution in [3.05, 3.63) is 59.9 Å². The first kappa shape index (κ1) is 17.0. The van der Waals surface area contributed by atoms with Crippen LogP contribution in [-0.4, -0.2) is 28.4 Å². The maximum Gasteiger partial charge on any atom is 0.181 e. The van der Waals surface area contributed by atoms with Gasteiger partial charge in [-0.05, 0) is 37.6 Å². The van der Waals surface area contributed by atoms with Gasteiger partial charge in [0.15, 0.2) is 17.3 Å². The highest BCUT2D eigenvalue weighted by molar-refractivity contribution is 5.61. The zero-order chi connectivity index (χ0) is 17.6. The van der Waals surface area contributed by atoms with Gasteiger partial charge in [0.2, 0.25) is 0 Å². The van der Waals surface area contributed by atoms with Crippen molar-refractivity contribution in [1.82, 2.24) is 15.2 Å². The number of rotatable bonds is 7. The Hall–Kier alpha value is -2.86. The van der Waals surface area contributed by atoms with Crippen molar-refractivity contribution < 1.29 is 9.47 Å². The summed E-state index contributed by atoms with van der Waals surface area (Å²) in [5.41, 5.74) is 8.09. The molecule has 0 spiro atoms. The van der Waals surface area contributed by atoms with Gasteiger partial charge in [-0.15, -0.1) is 0 Å². The highest BCUT2D eigenvalue weighted by Gasteiger charge is 2.16. The average molecular weight is 338 g/mol. The number of nitrogens with two attached hydrogens (primary N) is 1. The Kier molecular flexibility index (Phi) is 5.30. The fourth-order valence-corrected chi connectivity index (χ4v) is 2.55. The molecular formula is C19H22N4O2. The maximum absolute atomic E-state index is 6.27. The third-order valence-corrected chi connectivity index (χ3v) is 3.76. The van der Waals surface area contributed by atoms with Gasteiger partial charge in [-0.3, -0.25) is 5.10 Å². The largest absolute Gasteiger partial charge is 0.490 e. The molecule has 3 rings (SSSR count). The van der Waals surface area contributed by atoms with Crippen LogP contribution in [0, 0.1) is 0 Å². The number of nitrogens with one attached hydrogen (secondary N) is 1. The summed E-state index contributed by atoms with van der Waals surface area (Å²) in [6.45, 7) is 5.01. The van der Waals surface area contributed by atoms with Crippen molar-refractivity contribution >= 4 is 0 Å². The summed E-state index contributed by atoms with van der Waals surface area (Å²) in [5, 5.41) is 7.23. The van der Waals surface area contributed by atoms with Crippen molar-refractivity contribution in [2.45, 2.75) is 19.9 Å². The fourth-order valence-electron chi connectivity index (χ4n) is 2.55. The number of hydrogen-bond acceptors (Lipinski definition) is 5. The molecule has 0 unspecified atom stereocenters. The SMILES string of the molecule is CCOc1ccc(-c2n[nH]c([C@H](N)c3ccccc3)n2)cc1OCC. The van der Waals surface area contributed by atoms with Crippen LogP contribution in [0.15, 0.2) is 48.5 Å². The molecular weight excluding hydrogens is 316 g/mol. The molecule has 0 saturated carbocycles. The molecule has 0 saturated heterocycles. The highest BCUT2D eigenvalue weighted by atomic mass is 16.5. The predicted octanol–water partition coefficient (Wildman–Crippen LogP) is 3.32. The van der Waals surface area contributed by atoms with Crippen LogP contribution in [0.2, 0.25) is 0 Å². The van der Waals surface area contributed by atoms with Crippen LogP contribution in [-0.2, 0) is 0 Å². The fraction of sp³-hybridized carbons (Fsp3) is 0.263. The lowest BCUT2D eigenvalue weighted by Gasteiger charge is -2.11. The van der Waals surface area contributed by atoms with Crippen molar-refractivity contribution in [3.63, 3.8) is 0 Å². The van der Waals surface area contributed by atoms with Gasteiger partial charge in [0.1, 0.15) is 5.82 Å². The van der Waals surface area contributed by atoms with Gasteiger partial charge < -0.3 is 15.2 Å². The highest BCUT2D eigenvalue weighted by Crippen LogP contribution is 2.32. The minimum atomic E-state index is -0.350. The van der Waals surface area contributed by atoms with Gasteiger partial charge in [-0.25, -0.2) is 4.98 Å². The molecule has 1 aromatic heterocycles. The van der Waals surface area contributed by atoms with E-state index in [9.17, 15) is 0 Å². The second kappa shape index (κ2) is 7.81. The molecule has 6 nitrogen and oxygen atoms in total. The Labute approximate surface area is 147 Å². The Morgan fingerprint density at radius 3 is 2.44 bits per heavy atom. The number of benzene rings is 2. The molecule has 25 heavy (non-hydrogen) atoms. The Balaban J connectivity index is 1.88. The van der Waals surface area contributed by atoms with Crippen LogP contribution in [0.5, 0.6) is 11.5 Å². The Morgan fingerprint density at radius 2 is 1.72 bits per heavy atom. The summed E-state index contributed by atoms with van der Waals surface area (Å²) in [5.74, 6) is 2.59. The average Bonchev–Trinajstić information content (AvgIpc) is 3.14. The Bertz CT molecular complexity index is 817.